The summed E-state index contributed by atoms with van der Waals surface area (Å²) in [6.07, 6.45) is 3.04. The molecule has 6 nitrogen and oxygen atoms in total. The molecule has 1 aliphatic heterocycles. The van der Waals surface area contributed by atoms with E-state index >= 15 is 0 Å². The van der Waals surface area contributed by atoms with Crippen molar-refractivity contribution < 1.29 is 14.7 Å². The lowest BCUT2D eigenvalue weighted by Gasteiger charge is -2.24. The number of fused-ring (bicyclic) bond motifs is 1. The Bertz CT molecular complexity index is 1000. The van der Waals surface area contributed by atoms with Gasteiger partial charge in [0.1, 0.15) is 5.82 Å². The molecule has 1 atom stereocenters. The number of hydrogen-bond acceptors (Lipinski definition) is 3. The number of carboxylic acid groups (broad SMARTS) is 1. The fraction of sp³-hybridized carbons (Fsp3) is 0.190. The number of nitrogens with one attached hydrogen (secondary N) is 1. The summed E-state index contributed by atoms with van der Waals surface area (Å²) in [6.45, 7) is 2.10. The molecule has 1 amide bonds. The molecule has 3 aromatic rings. The summed E-state index contributed by atoms with van der Waals surface area (Å²) in [5.41, 5.74) is 4.18. The molecule has 0 aliphatic carbocycles. The first-order chi connectivity index (χ1) is 13.1. The van der Waals surface area contributed by atoms with Gasteiger partial charge in [-0.05, 0) is 41.8 Å². The van der Waals surface area contributed by atoms with Crippen molar-refractivity contribution in [3.63, 3.8) is 0 Å². The lowest BCUT2D eigenvalue weighted by atomic mass is 9.87. The van der Waals surface area contributed by atoms with Crippen molar-refractivity contribution in [2.75, 3.05) is 5.32 Å². The number of aromatic carboxylic acids is 1. The van der Waals surface area contributed by atoms with Crippen molar-refractivity contribution in [3.8, 4) is 5.69 Å². The first-order valence-corrected chi connectivity index (χ1v) is 8.87. The lowest BCUT2D eigenvalue weighted by molar-refractivity contribution is -0.116. The molecule has 2 aromatic carbocycles. The monoisotopic (exact) mass is 361 g/mol. The van der Waals surface area contributed by atoms with Gasteiger partial charge in [0.25, 0.3) is 0 Å². The number of carbonyl (C=O) groups is 2. The lowest BCUT2D eigenvalue weighted by Crippen LogP contribution is -2.24. The Balaban J connectivity index is 1.73. The van der Waals surface area contributed by atoms with Gasteiger partial charge in [-0.25, -0.2) is 9.48 Å². The first-order valence-electron chi connectivity index (χ1n) is 8.87. The Morgan fingerprint density at radius 3 is 2.52 bits per heavy atom. The molecular weight excluding hydrogens is 342 g/mol. The third-order valence-corrected chi connectivity index (χ3v) is 4.97. The van der Waals surface area contributed by atoms with Crippen LogP contribution >= 0.6 is 0 Å². The number of hydrogen-bond donors (Lipinski definition) is 2. The number of amides is 1. The number of carbonyl (C=O) groups excluding carboxylic acids is 1. The van der Waals surface area contributed by atoms with Crippen molar-refractivity contribution in [1.82, 2.24) is 9.78 Å². The minimum Gasteiger partial charge on any atom is -0.478 e. The van der Waals surface area contributed by atoms with E-state index < -0.39 is 5.97 Å². The minimum atomic E-state index is -0.966. The van der Waals surface area contributed by atoms with Gasteiger partial charge in [-0.3, -0.25) is 4.79 Å². The second-order valence-electron chi connectivity index (χ2n) is 6.61. The van der Waals surface area contributed by atoms with Gasteiger partial charge in [0.05, 0.1) is 17.4 Å². The molecule has 27 heavy (non-hydrogen) atoms. The van der Waals surface area contributed by atoms with Crippen molar-refractivity contribution in [2.24, 2.45) is 0 Å². The maximum atomic E-state index is 12.3. The zero-order valence-corrected chi connectivity index (χ0v) is 14.8. The molecule has 2 N–H and O–H groups in total. The van der Waals surface area contributed by atoms with E-state index in [0.717, 1.165) is 23.2 Å². The largest absolute Gasteiger partial charge is 0.478 e. The second-order valence-corrected chi connectivity index (χ2v) is 6.61. The van der Waals surface area contributed by atoms with E-state index in [1.165, 1.54) is 5.56 Å². The highest BCUT2D eigenvalue weighted by molar-refractivity contribution is 5.94. The molecule has 1 aromatic heterocycles. The number of rotatable bonds is 4. The molecule has 0 spiro atoms. The third kappa shape index (κ3) is 3.10. The SMILES string of the molecule is CCc1ccc(-n2ncc3c2NC(=O)CC3c2ccc(C(=O)O)cc2)cc1. The second kappa shape index (κ2) is 6.72. The molecule has 0 saturated heterocycles. The molecule has 0 fully saturated rings. The summed E-state index contributed by atoms with van der Waals surface area (Å²) >= 11 is 0. The molecule has 136 valence electrons. The van der Waals surface area contributed by atoms with Gasteiger partial charge < -0.3 is 10.4 Å². The van der Waals surface area contributed by atoms with E-state index in [0.29, 0.717) is 12.2 Å². The Kier molecular flexibility index (Phi) is 4.24. The summed E-state index contributed by atoms with van der Waals surface area (Å²) in [5, 5.41) is 16.5. The Morgan fingerprint density at radius 1 is 1.19 bits per heavy atom. The molecular formula is C21H19N3O3. The predicted molar refractivity (Wildman–Crippen MR) is 101 cm³/mol. The average molecular weight is 361 g/mol. The van der Waals surface area contributed by atoms with E-state index in [4.69, 9.17) is 5.11 Å². The highest BCUT2D eigenvalue weighted by atomic mass is 16.4. The summed E-state index contributed by atoms with van der Waals surface area (Å²) in [7, 11) is 0. The smallest absolute Gasteiger partial charge is 0.335 e. The number of anilines is 1. The normalized spacial score (nSPS) is 15.9. The molecule has 2 heterocycles. The Hall–Kier alpha value is -3.41. The maximum Gasteiger partial charge on any atom is 0.335 e. The first kappa shape index (κ1) is 17.0. The molecule has 6 heteroatoms. The van der Waals surface area contributed by atoms with Gasteiger partial charge in [0, 0.05) is 17.9 Å². The Morgan fingerprint density at radius 2 is 1.89 bits per heavy atom. The predicted octanol–water partition coefficient (Wildman–Crippen LogP) is 3.61. The fourth-order valence-electron chi connectivity index (χ4n) is 3.44. The number of carboxylic acids is 1. The van der Waals surface area contributed by atoms with Gasteiger partial charge in [-0.15, -0.1) is 0 Å². The zero-order chi connectivity index (χ0) is 19.0. The number of aromatic nitrogens is 2. The van der Waals surface area contributed by atoms with Gasteiger partial charge >= 0.3 is 5.97 Å². The van der Waals surface area contributed by atoms with Gasteiger partial charge in [0.15, 0.2) is 0 Å². The van der Waals surface area contributed by atoms with E-state index in [1.54, 1.807) is 35.1 Å². The quantitative estimate of drug-likeness (QED) is 0.743. The van der Waals surface area contributed by atoms with Crippen LogP contribution in [0.2, 0.25) is 0 Å². The van der Waals surface area contributed by atoms with Crippen LogP contribution in [0.3, 0.4) is 0 Å². The van der Waals surface area contributed by atoms with Crippen LogP contribution in [0.25, 0.3) is 5.69 Å². The topological polar surface area (TPSA) is 84.2 Å². The van der Waals surface area contributed by atoms with Crippen LogP contribution in [0, 0.1) is 0 Å². The van der Waals surface area contributed by atoms with Gasteiger partial charge in [0.2, 0.25) is 5.91 Å². The summed E-state index contributed by atoms with van der Waals surface area (Å²) in [4.78, 5) is 23.4. The van der Waals surface area contributed by atoms with Crippen molar-refractivity contribution in [3.05, 3.63) is 77.0 Å². The number of aryl methyl sites for hydroxylation is 1. The van der Waals surface area contributed by atoms with Gasteiger partial charge in [-0.1, -0.05) is 31.2 Å². The number of benzene rings is 2. The van der Waals surface area contributed by atoms with Crippen LogP contribution in [0.4, 0.5) is 5.82 Å². The van der Waals surface area contributed by atoms with E-state index in [-0.39, 0.29) is 17.4 Å². The van der Waals surface area contributed by atoms with Crippen molar-refractivity contribution in [2.45, 2.75) is 25.7 Å². The molecule has 1 aliphatic rings. The van der Waals surface area contributed by atoms with E-state index in [2.05, 4.69) is 29.5 Å². The Labute approximate surface area is 156 Å². The van der Waals surface area contributed by atoms with Crippen LogP contribution in [-0.4, -0.2) is 26.8 Å². The highest BCUT2D eigenvalue weighted by Crippen LogP contribution is 2.38. The molecule has 4 rings (SSSR count). The molecule has 1 unspecified atom stereocenters. The van der Waals surface area contributed by atoms with Gasteiger partial charge in [-0.2, -0.15) is 5.10 Å². The highest BCUT2D eigenvalue weighted by Gasteiger charge is 2.30. The average Bonchev–Trinajstić information content (AvgIpc) is 3.11. The van der Waals surface area contributed by atoms with Crippen LogP contribution < -0.4 is 5.32 Å². The minimum absolute atomic E-state index is 0.0817. The standard InChI is InChI=1S/C21H19N3O3/c1-2-13-3-9-16(10-4-13)24-20-18(12-22-24)17(11-19(25)23-20)14-5-7-15(8-6-14)21(26)27/h3-10,12,17H,2,11H2,1H3,(H,23,25)(H,26,27). The van der Waals surface area contributed by atoms with Crippen molar-refractivity contribution in [1.29, 1.82) is 0 Å². The van der Waals surface area contributed by atoms with E-state index in [9.17, 15) is 9.59 Å². The molecule has 0 bridgehead atoms. The zero-order valence-electron chi connectivity index (χ0n) is 14.8. The third-order valence-electron chi connectivity index (χ3n) is 4.97. The molecule has 0 radical (unpaired) electrons. The van der Waals surface area contributed by atoms with Crippen LogP contribution in [0.15, 0.2) is 54.7 Å². The van der Waals surface area contributed by atoms with Crippen LogP contribution in [-0.2, 0) is 11.2 Å². The number of nitrogens with zero attached hydrogens (tertiary/aromatic N) is 2. The fourth-order valence-corrected chi connectivity index (χ4v) is 3.44. The van der Waals surface area contributed by atoms with Crippen molar-refractivity contribution >= 4 is 17.7 Å². The summed E-state index contributed by atoms with van der Waals surface area (Å²) in [6, 6.07) is 14.8. The van der Waals surface area contributed by atoms with E-state index in [1.807, 2.05) is 12.1 Å². The summed E-state index contributed by atoms with van der Waals surface area (Å²) < 4.78 is 1.74. The van der Waals surface area contributed by atoms with Crippen LogP contribution in [0.1, 0.15) is 46.3 Å². The van der Waals surface area contributed by atoms with Crippen LogP contribution in [0.5, 0.6) is 0 Å². The molecule has 0 saturated carbocycles. The summed E-state index contributed by atoms with van der Waals surface area (Å²) in [5.74, 6) is -0.531. The maximum absolute atomic E-state index is 12.3.